The molecular formula is C36H58O2. The molecular weight excluding hydrogens is 464 g/mol. The fourth-order valence-electron chi connectivity index (χ4n) is 6.05. The summed E-state index contributed by atoms with van der Waals surface area (Å²) in [5.74, 6) is -0.177. The number of benzene rings is 2. The average Bonchev–Trinajstić information content (AvgIpc) is 2.91. The van der Waals surface area contributed by atoms with Crippen molar-refractivity contribution >= 4 is 16.7 Å². The predicted molar refractivity (Wildman–Crippen MR) is 167 cm³/mol. The number of rotatable bonds is 23. The first-order chi connectivity index (χ1) is 18.6. The summed E-state index contributed by atoms with van der Waals surface area (Å²) < 4.78 is 0. The molecule has 2 aromatic carbocycles. The number of carboxylic acid groups (broad SMARTS) is 1. The van der Waals surface area contributed by atoms with E-state index in [1.54, 1.807) is 0 Å². The molecule has 1 atom stereocenters. The lowest BCUT2D eigenvalue weighted by atomic mass is 9.85. The summed E-state index contributed by atoms with van der Waals surface area (Å²) in [5.41, 5.74) is 2.95. The van der Waals surface area contributed by atoms with Gasteiger partial charge in [0, 0.05) is 0 Å². The van der Waals surface area contributed by atoms with Gasteiger partial charge in [0.1, 0.15) is 0 Å². The number of fused-ring (bicyclic) bond motifs is 1. The molecule has 1 N–H and O–H groups in total. The molecule has 0 aliphatic carbocycles. The molecule has 0 fully saturated rings. The predicted octanol–water partition coefficient (Wildman–Crippen LogP) is 11.7. The van der Waals surface area contributed by atoms with Crippen LogP contribution in [0, 0.1) is 5.92 Å². The molecule has 0 aromatic heterocycles. The maximum absolute atomic E-state index is 12.5. The maximum Gasteiger partial charge on any atom is 0.336 e. The van der Waals surface area contributed by atoms with Crippen molar-refractivity contribution in [1.82, 2.24) is 0 Å². The van der Waals surface area contributed by atoms with Gasteiger partial charge in [0.2, 0.25) is 0 Å². The van der Waals surface area contributed by atoms with Gasteiger partial charge in [0.25, 0.3) is 0 Å². The summed E-state index contributed by atoms with van der Waals surface area (Å²) in [6, 6.07) is 10.4. The molecule has 0 aliphatic rings. The van der Waals surface area contributed by atoms with Gasteiger partial charge in [-0.05, 0) is 47.1 Å². The second-order valence-electron chi connectivity index (χ2n) is 11.9. The Labute approximate surface area is 235 Å². The van der Waals surface area contributed by atoms with E-state index in [1.165, 1.54) is 121 Å². The molecule has 214 valence electrons. The fourth-order valence-corrected chi connectivity index (χ4v) is 6.05. The average molecular weight is 523 g/mol. The molecule has 0 saturated heterocycles. The van der Waals surface area contributed by atoms with Crippen molar-refractivity contribution in [2.24, 2.45) is 5.92 Å². The van der Waals surface area contributed by atoms with Crippen molar-refractivity contribution in [3.05, 3.63) is 47.0 Å². The molecule has 2 heteroatoms. The Hall–Kier alpha value is -1.83. The minimum Gasteiger partial charge on any atom is -0.478 e. The molecule has 0 saturated carbocycles. The third-order valence-electron chi connectivity index (χ3n) is 8.36. The van der Waals surface area contributed by atoms with Crippen LogP contribution in [0.2, 0.25) is 0 Å². The van der Waals surface area contributed by atoms with E-state index in [0.717, 1.165) is 35.6 Å². The number of carbonyl (C=O) groups is 1. The second-order valence-corrected chi connectivity index (χ2v) is 11.9. The van der Waals surface area contributed by atoms with Gasteiger partial charge in [-0.2, -0.15) is 0 Å². The van der Waals surface area contributed by atoms with Crippen LogP contribution in [-0.2, 0) is 12.8 Å². The zero-order chi connectivity index (χ0) is 27.4. The molecule has 2 nitrogen and oxygen atoms in total. The lowest BCUT2D eigenvalue weighted by molar-refractivity contribution is 0.0697. The Morgan fingerprint density at radius 3 is 1.76 bits per heavy atom. The fraction of sp³-hybridized carbons (Fsp3) is 0.694. The molecule has 0 heterocycles. The van der Waals surface area contributed by atoms with Crippen LogP contribution < -0.4 is 0 Å². The topological polar surface area (TPSA) is 37.3 Å². The smallest absolute Gasteiger partial charge is 0.336 e. The third-order valence-corrected chi connectivity index (χ3v) is 8.36. The van der Waals surface area contributed by atoms with E-state index in [4.69, 9.17) is 0 Å². The Morgan fingerprint density at radius 1 is 0.711 bits per heavy atom. The minimum atomic E-state index is -0.764. The first-order valence-electron chi connectivity index (χ1n) is 16.3. The molecule has 0 amide bonds. The van der Waals surface area contributed by atoms with Crippen LogP contribution >= 0.6 is 0 Å². The van der Waals surface area contributed by atoms with Crippen LogP contribution in [0.1, 0.15) is 164 Å². The quantitative estimate of drug-likeness (QED) is 0.147. The third kappa shape index (κ3) is 12.4. The van der Waals surface area contributed by atoms with E-state index in [0.29, 0.717) is 11.5 Å². The van der Waals surface area contributed by atoms with Gasteiger partial charge in [0.05, 0.1) is 5.56 Å². The number of carboxylic acids is 1. The van der Waals surface area contributed by atoms with Crippen LogP contribution in [0.3, 0.4) is 0 Å². The van der Waals surface area contributed by atoms with Crippen LogP contribution in [0.25, 0.3) is 10.8 Å². The van der Waals surface area contributed by atoms with E-state index in [2.05, 4.69) is 32.9 Å². The normalized spacial score (nSPS) is 12.3. The van der Waals surface area contributed by atoms with Crippen LogP contribution in [0.5, 0.6) is 0 Å². The summed E-state index contributed by atoms with van der Waals surface area (Å²) >= 11 is 0. The Balaban J connectivity index is 1.91. The Morgan fingerprint density at radius 2 is 1.21 bits per heavy atom. The largest absolute Gasteiger partial charge is 0.478 e. The number of hydrogen-bond donors (Lipinski definition) is 1. The van der Waals surface area contributed by atoms with Gasteiger partial charge in [-0.25, -0.2) is 4.79 Å². The molecule has 0 radical (unpaired) electrons. The summed E-state index contributed by atoms with van der Waals surface area (Å²) in [4.78, 5) is 12.5. The highest BCUT2D eigenvalue weighted by Gasteiger charge is 2.19. The van der Waals surface area contributed by atoms with Gasteiger partial charge in [-0.1, -0.05) is 167 Å². The second kappa shape index (κ2) is 20.1. The number of hydrogen-bond acceptors (Lipinski definition) is 1. The van der Waals surface area contributed by atoms with E-state index in [9.17, 15) is 9.90 Å². The van der Waals surface area contributed by atoms with Crippen molar-refractivity contribution in [2.45, 2.75) is 156 Å². The van der Waals surface area contributed by atoms with Crippen LogP contribution in [0.15, 0.2) is 30.3 Å². The zero-order valence-corrected chi connectivity index (χ0v) is 25.2. The van der Waals surface area contributed by atoms with Crippen molar-refractivity contribution in [3.8, 4) is 0 Å². The molecule has 0 spiro atoms. The van der Waals surface area contributed by atoms with E-state index >= 15 is 0 Å². The first kappa shape index (κ1) is 32.4. The zero-order valence-electron chi connectivity index (χ0n) is 25.2. The highest BCUT2D eigenvalue weighted by Crippen LogP contribution is 2.30. The molecule has 2 rings (SSSR count). The standard InChI is InChI=1S/C36H58O2/c1-4-6-8-10-12-14-15-16-18-20-24-30(3)28-32-29-31-25-22-23-27-33(31)35(36(37)38)34(32)26-21-19-17-13-11-9-7-5-2/h22-23,25,27,29-30H,4-21,24,26,28H2,1-3H3,(H,37,38). The molecule has 38 heavy (non-hydrogen) atoms. The van der Waals surface area contributed by atoms with Gasteiger partial charge in [-0.15, -0.1) is 0 Å². The van der Waals surface area contributed by atoms with Crippen molar-refractivity contribution in [3.63, 3.8) is 0 Å². The van der Waals surface area contributed by atoms with Gasteiger partial charge >= 0.3 is 5.97 Å². The van der Waals surface area contributed by atoms with Crippen molar-refractivity contribution in [1.29, 1.82) is 0 Å². The molecule has 0 bridgehead atoms. The maximum atomic E-state index is 12.5. The highest BCUT2D eigenvalue weighted by molar-refractivity contribution is 6.05. The summed E-state index contributed by atoms with van der Waals surface area (Å²) in [5, 5.41) is 12.2. The van der Waals surface area contributed by atoms with Crippen LogP contribution in [0.4, 0.5) is 0 Å². The molecule has 2 aromatic rings. The number of unbranched alkanes of at least 4 members (excludes halogenated alkanes) is 16. The van der Waals surface area contributed by atoms with E-state index in [-0.39, 0.29) is 0 Å². The van der Waals surface area contributed by atoms with Gasteiger partial charge in [0.15, 0.2) is 0 Å². The lowest BCUT2D eigenvalue weighted by Crippen LogP contribution is -2.10. The van der Waals surface area contributed by atoms with Crippen molar-refractivity contribution in [2.75, 3.05) is 0 Å². The van der Waals surface area contributed by atoms with Gasteiger partial charge in [-0.3, -0.25) is 0 Å². The van der Waals surface area contributed by atoms with Crippen LogP contribution in [-0.4, -0.2) is 11.1 Å². The van der Waals surface area contributed by atoms with E-state index < -0.39 is 5.97 Å². The Kier molecular flexibility index (Phi) is 17.2. The Bertz CT molecular complexity index is 900. The summed E-state index contributed by atoms with van der Waals surface area (Å²) in [6.45, 7) is 6.91. The molecule has 1 unspecified atom stereocenters. The first-order valence-corrected chi connectivity index (χ1v) is 16.3. The lowest BCUT2D eigenvalue weighted by Gasteiger charge is -2.19. The SMILES string of the molecule is CCCCCCCCCCCCC(C)Cc1cc2ccccc2c(C(=O)O)c1CCCCCCCCCC. The van der Waals surface area contributed by atoms with E-state index in [1.807, 2.05) is 18.2 Å². The van der Waals surface area contributed by atoms with Gasteiger partial charge < -0.3 is 5.11 Å². The minimum absolute atomic E-state index is 0.562. The monoisotopic (exact) mass is 522 g/mol. The molecule has 0 aliphatic heterocycles. The summed E-state index contributed by atoms with van der Waals surface area (Å²) in [6.07, 6.45) is 27.1. The van der Waals surface area contributed by atoms with Crippen molar-refractivity contribution < 1.29 is 9.90 Å². The summed E-state index contributed by atoms with van der Waals surface area (Å²) in [7, 11) is 0. The number of aromatic carboxylic acids is 1. The highest BCUT2D eigenvalue weighted by atomic mass is 16.4.